The van der Waals surface area contributed by atoms with Crippen LogP contribution in [0.5, 0.6) is 5.75 Å². The predicted octanol–water partition coefficient (Wildman–Crippen LogP) is 4.27. The van der Waals surface area contributed by atoms with Crippen LogP contribution in [0.15, 0.2) is 49.1 Å². The van der Waals surface area contributed by atoms with E-state index in [1.54, 1.807) is 25.1 Å². The first kappa shape index (κ1) is 19.7. The van der Waals surface area contributed by atoms with Crippen LogP contribution in [0.2, 0.25) is 5.02 Å². The third kappa shape index (κ3) is 4.61. The molecule has 3 aromatic rings. The van der Waals surface area contributed by atoms with Crippen molar-refractivity contribution in [1.29, 1.82) is 0 Å². The molecule has 10 heteroatoms. The number of anilines is 1. The summed E-state index contributed by atoms with van der Waals surface area (Å²) in [5.41, 5.74) is -0.00733. The molecule has 0 saturated carbocycles. The van der Waals surface area contributed by atoms with Gasteiger partial charge in [-0.05, 0) is 48.9 Å². The fraction of sp³-hybridized carbons (Fsp3) is 0.167. The van der Waals surface area contributed by atoms with Crippen LogP contribution in [-0.4, -0.2) is 27.3 Å². The zero-order chi connectivity index (χ0) is 20.3. The lowest BCUT2D eigenvalue weighted by Crippen LogP contribution is -2.22. The number of aryl methyl sites for hydroxylation is 1. The Balaban J connectivity index is 1.80. The molecule has 0 saturated heterocycles. The molecule has 2 aromatic carbocycles. The van der Waals surface area contributed by atoms with Crippen LogP contribution in [0.4, 0.5) is 18.9 Å². The molecular weight excluding hydrogens is 397 g/mol. The Hall–Kier alpha value is -3.07. The maximum absolute atomic E-state index is 13.0. The number of carbonyl (C=O) groups excluding carboxylic acids is 1. The molecule has 0 atom stereocenters. The van der Waals surface area contributed by atoms with E-state index >= 15 is 0 Å². The molecule has 28 heavy (non-hydrogen) atoms. The lowest BCUT2D eigenvalue weighted by atomic mass is 10.1. The number of ether oxygens (including phenoxy) is 1. The van der Waals surface area contributed by atoms with Crippen LogP contribution in [-0.2, 0) is 11.0 Å². The molecule has 0 aliphatic heterocycles. The summed E-state index contributed by atoms with van der Waals surface area (Å²) in [6.07, 6.45) is -2.02. The van der Waals surface area contributed by atoms with Gasteiger partial charge in [-0.2, -0.15) is 18.3 Å². The fourth-order valence-corrected chi connectivity index (χ4v) is 2.68. The molecule has 0 spiro atoms. The number of alkyl halides is 3. The minimum absolute atomic E-state index is 0.0678. The number of nitrogens with zero attached hydrogens (tertiary/aromatic N) is 3. The number of benzene rings is 2. The summed E-state index contributed by atoms with van der Waals surface area (Å²) >= 11 is 5.86. The fourth-order valence-electron chi connectivity index (χ4n) is 2.45. The van der Waals surface area contributed by atoms with Crippen molar-refractivity contribution in [2.24, 2.45) is 0 Å². The average Bonchev–Trinajstić information content (AvgIpc) is 3.14. The highest BCUT2D eigenvalue weighted by Crippen LogP contribution is 2.33. The third-order valence-corrected chi connectivity index (χ3v) is 3.99. The second kappa shape index (κ2) is 7.89. The van der Waals surface area contributed by atoms with Gasteiger partial charge in [0.2, 0.25) is 0 Å². The highest BCUT2D eigenvalue weighted by molar-refractivity contribution is 6.30. The van der Waals surface area contributed by atoms with Gasteiger partial charge < -0.3 is 10.1 Å². The first-order valence-corrected chi connectivity index (χ1v) is 8.37. The molecule has 146 valence electrons. The molecular formula is C18H14ClF3N4O2. The lowest BCUT2D eigenvalue weighted by molar-refractivity contribution is -0.137. The number of hydrogen-bond donors (Lipinski definition) is 1. The molecule has 0 radical (unpaired) electrons. The van der Waals surface area contributed by atoms with E-state index in [0.717, 1.165) is 17.7 Å². The summed E-state index contributed by atoms with van der Waals surface area (Å²) in [5.74, 6) is -0.185. The number of amides is 1. The summed E-state index contributed by atoms with van der Waals surface area (Å²) in [4.78, 5) is 16.0. The predicted molar refractivity (Wildman–Crippen MR) is 96.7 cm³/mol. The van der Waals surface area contributed by atoms with Gasteiger partial charge in [-0.25, -0.2) is 9.67 Å². The van der Waals surface area contributed by atoms with Crippen molar-refractivity contribution in [2.75, 3.05) is 11.9 Å². The van der Waals surface area contributed by atoms with Crippen LogP contribution >= 0.6 is 11.6 Å². The first-order valence-electron chi connectivity index (χ1n) is 7.99. The number of carbonyl (C=O) groups is 1. The van der Waals surface area contributed by atoms with E-state index < -0.39 is 24.3 Å². The summed E-state index contributed by atoms with van der Waals surface area (Å²) < 4.78 is 45.8. The Morgan fingerprint density at radius 1 is 1.25 bits per heavy atom. The van der Waals surface area contributed by atoms with Crippen LogP contribution in [0.25, 0.3) is 5.69 Å². The van der Waals surface area contributed by atoms with Gasteiger partial charge in [0, 0.05) is 5.02 Å². The van der Waals surface area contributed by atoms with E-state index in [9.17, 15) is 18.0 Å². The average molecular weight is 411 g/mol. The number of rotatable bonds is 5. The highest BCUT2D eigenvalue weighted by atomic mass is 35.5. The van der Waals surface area contributed by atoms with Gasteiger partial charge in [0.1, 0.15) is 18.4 Å². The van der Waals surface area contributed by atoms with Gasteiger partial charge in [0.25, 0.3) is 5.91 Å². The van der Waals surface area contributed by atoms with E-state index in [2.05, 4.69) is 15.4 Å². The summed E-state index contributed by atoms with van der Waals surface area (Å²) in [6, 6.07) is 7.83. The van der Waals surface area contributed by atoms with E-state index in [1.165, 1.54) is 23.4 Å². The topological polar surface area (TPSA) is 69.0 Å². The normalized spacial score (nSPS) is 11.3. The molecule has 3 rings (SSSR count). The third-order valence-electron chi connectivity index (χ3n) is 3.76. The van der Waals surface area contributed by atoms with Crippen molar-refractivity contribution in [1.82, 2.24) is 14.8 Å². The van der Waals surface area contributed by atoms with Crippen molar-refractivity contribution in [3.05, 3.63) is 65.2 Å². The van der Waals surface area contributed by atoms with Crippen LogP contribution in [0.3, 0.4) is 0 Å². The largest absolute Gasteiger partial charge is 0.483 e. The molecule has 1 aromatic heterocycles. The Morgan fingerprint density at radius 2 is 2.04 bits per heavy atom. The smallest absolute Gasteiger partial charge is 0.416 e. The number of aromatic nitrogens is 3. The molecule has 1 heterocycles. The van der Waals surface area contributed by atoms with Crippen molar-refractivity contribution >= 4 is 23.2 Å². The maximum Gasteiger partial charge on any atom is 0.416 e. The molecule has 0 aliphatic rings. The summed E-state index contributed by atoms with van der Waals surface area (Å²) in [6.45, 7) is 1.37. The second-order valence-corrected chi connectivity index (χ2v) is 6.25. The number of hydrogen-bond acceptors (Lipinski definition) is 4. The molecule has 0 bridgehead atoms. The summed E-state index contributed by atoms with van der Waals surface area (Å²) in [7, 11) is 0. The van der Waals surface area contributed by atoms with Crippen LogP contribution in [0, 0.1) is 6.92 Å². The molecule has 0 unspecified atom stereocenters. The molecule has 1 N–H and O–H groups in total. The molecule has 1 amide bonds. The number of halogens is 4. The van der Waals surface area contributed by atoms with Crippen molar-refractivity contribution in [2.45, 2.75) is 13.1 Å². The monoisotopic (exact) mass is 410 g/mol. The van der Waals surface area contributed by atoms with Gasteiger partial charge in [-0.3, -0.25) is 4.79 Å². The minimum Gasteiger partial charge on any atom is -0.483 e. The van der Waals surface area contributed by atoms with E-state index in [4.69, 9.17) is 16.3 Å². The van der Waals surface area contributed by atoms with Gasteiger partial charge >= 0.3 is 6.18 Å². The lowest BCUT2D eigenvalue weighted by Gasteiger charge is -2.15. The molecule has 0 fully saturated rings. The van der Waals surface area contributed by atoms with E-state index in [-0.39, 0.29) is 11.4 Å². The van der Waals surface area contributed by atoms with E-state index in [0.29, 0.717) is 10.8 Å². The van der Waals surface area contributed by atoms with Crippen molar-refractivity contribution < 1.29 is 22.7 Å². The molecule has 0 aliphatic carbocycles. The van der Waals surface area contributed by atoms with Crippen LogP contribution < -0.4 is 10.1 Å². The quantitative estimate of drug-likeness (QED) is 0.682. The summed E-state index contributed by atoms with van der Waals surface area (Å²) in [5, 5.41) is 6.85. The first-order chi connectivity index (χ1) is 13.2. The van der Waals surface area contributed by atoms with Crippen LogP contribution in [0.1, 0.15) is 11.1 Å². The van der Waals surface area contributed by atoms with Gasteiger partial charge in [-0.15, -0.1) is 0 Å². The van der Waals surface area contributed by atoms with Gasteiger partial charge in [-0.1, -0.05) is 11.6 Å². The second-order valence-electron chi connectivity index (χ2n) is 5.82. The minimum atomic E-state index is -4.56. The number of nitrogens with one attached hydrogen (secondary N) is 1. The van der Waals surface area contributed by atoms with Crippen molar-refractivity contribution in [3.63, 3.8) is 0 Å². The van der Waals surface area contributed by atoms with E-state index in [1.807, 2.05) is 0 Å². The highest BCUT2D eigenvalue weighted by Gasteiger charge is 2.31. The Morgan fingerprint density at radius 3 is 2.68 bits per heavy atom. The van der Waals surface area contributed by atoms with Crippen molar-refractivity contribution in [3.8, 4) is 11.4 Å². The zero-order valence-corrected chi connectivity index (χ0v) is 15.3. The Bertz CT molecular complexity index is 991. The molecule has 6 nitrogen and oxygen atoms in total. The SMILES string of the molecule is Cc1cc(Cl)ccc1OCC(=O)Nc1cc(C(F)(F)F)ccc1-n1cncn1. The van der Waals surface area contributed by atoms with Gasteiger partial charge in [0.05, 0.1) is 16.9 Å². The maximum atomic E-state index is 13.0. The van der Waals surface area contributed by atoms with Gasteiger partial charge in [0.15, 0.2) is 6.61 Å². The Labute approximate surface area is 162 Å². The standard InChI is InChI=1S/C18H14ClF3N4O2/c1-11-6-13(19)3-5-16(11)28-8-17(27)25-14-7-12(18(20,21)22)2-4-15(14)26-10-23-9-24-26/h2-7,9-10H,8H2,1H3,(H,25,27). The zero-order valence-electron chi connectivity index (χ0n) is 14.5. The Kier molecular flexibility index (Phi) is 5.55.